The number of rotatable bonds is 5. The predicted molar refractivity (Wildman–Crippen MR) is 153 cm³/mol. The van der Waals surface area contributed by atoms with E-state index in [1.54, 1.807) is 17.1 Å². The van der Waals surface area contributed by atoms with Crippen LogP contribution in [0.1, 0.15) is 40.0 Å². The minimum Gasteiger partial charge on any atom is -0.383 e. The summed E-state index contributed by atoms with van der Waals surface area (Å²) in [5.74, 6) is -0.222. The Morgan fingerprint density at radius 1 is 0.953 bits per heavy atom. The number of primary amides is 1. The lowest BCUT2D eigenvalue weighted by molar-refractivity contribution is 0.0997. The Labute approximate surface area is 242 Å². The third-order valence-electron chi connectivity index (χ3n) is 7.01. The van der Waals surface area contributed by atoms with Crippen molar-refractivity contribution in [1.82, 2.24) is 34.3 Å². The van der Waals surface area contributed by atoms with Crippen molar-refractivity contribution in [3.8, 4) is 22.9 Å². The Kier molecular flexibility index (Phi) is 7.28. The number of imidazole rings is 1. The number of nitrogen functional groups attached to an aromatic ring is 1. The van der Waals surface area contributed by atoms with E-state index in [0.29, 0.717) is 11.9 Å². The Morgan fingerprint density at radius 2 is 1.79 bits per heavy atom. The van der Waals surface area contributed by atoms with Gasteiger partial charge in [0.25, 0.3) is 6.43 Å². The number of carbonyl (C=O) groups excluding carboxylic acids is 1. The van der Waals surface area contributed by atoms with E-state index >= 15 is 0 Å². The van der Waals surface area contributed by atoms with Crippen molar-refractivity contribution in [2.24, 2.45) is 5.73 Å². The number of nitrogens with two attached hydrogens (primary N) is 2. The summed E-state index contributed by atoms with van der Waals surface area (Å²) in [6.07, 6.45) is 6.57. The number of aromatic nitrogens is 7. The Balaban J connectivity index is 0.000000214. The summed E-state index contributed by atoms with van der Waals surface area (Å²) < 4.78 is 40.4. The molecule has 13 heteroatoms. The minimum atomic E-state index is -3.00. The van der Waals surface area contributed by atoms with E-state index in [9.17, 15) is 18.0 Å². The SMILES string of the molecule is NC(=O)c1cnc(C(F)F)c(F)c1.Nc1ncccc1-c1nc2ccc(-n3cccn3)nc2n1-c1ccc2c(c1)CCC2. The number of aryl methyl sites for hydroxylation is 2. The number of hydrogen-bond acceptors (Lipinski definition) is 7. The van der Waals surface area contributed by atoms with Crippen LogP contribution < -0.4 is 11.5 Å². The second kappa shape index (κ2) is 11.4. The number of halogens is 3. The van der Waals surface area contributed by atoms with Crippen LogP contribution in [0.25, 0.3) is 34.1 Å². The van der Waals surface area contributed by atoms with Crippen LogP contribution >= 0.6 is 0 Å². The maximum absolute atomic E-state index is 12.7. The number of fused-ring (bicyclic) bond motifs is 2. The van der Waals surface area contributed by atoms with Gasteiger partial charge in [-0.05, 0) is 78.9 Å². The molecular weight excluding hydrogens is 559 g/mol. The van der Waals surface area contributed by atoms with Crippen LogP contribution in [0.15, 0.2) is 79.4 Å². The van der Waals surface area contributed by atoms with Crippen molar-refractivity contribution in [3.05, 3.63) is 108 Å². The van der Waals surface area contributed by atoms with Crippen LogP contribution in [-0.2, 0) is 12.8 Å². The van der Waals surface area contributed by atoms with E-state index in [1.165, 1.54) is 17.5 Å². The summed E-state index contributed by atoms with van der Waals surface area (Å²) in [6.45, 7) is 0. The van der Waals surface area contributed by atoms with E-state index in [-0.39, 0.29) is 5.56 Å². The highest BCUT2D eigenvalue weighted by molar-refractivity contribution is 5.92. The highest BCUT2D eigenvalue weighted by Gasteiger charge is 2.21. The molecule has 6 aromatic rings. The molecule has 5 heterocycles. The summed E-state index contributed by atoms with van der Waals surface area (Å²) in [5, 5.41) is 4.32. The Hall–Kier alpha value is -5.59. The van der Waals surface area contributed by atoms with E-state index in [2.05, 4.69) is 37.8 Å². The van der Waals surface area contributed by atoms with Gasteiger partial charge in [0, 0.05) is 30.5 Å². The molecule has 0 fully saturated rings. The van der Waals surface area contributed by atoms with Gasteiger partial charge in [-0.3, -0.25) is 14.3 Å². The molecule has 0 radical (unpaired) electrons. The highest BCUT2D eigenvalue weighted by atomic mass is 19.3. The highest BCUT2D eigenvalue weighted by Crippen LogP contribution is 2.33. The number of hydrogen-bond donors (Lipinski definition) is 2. The molecule has 5 aromatic heterocycles. The molecule has 1 aliphatic carbocycles. The largest absolute Gasteiger partial charge is 0.383 e. The van der Waals surface area contributed by atoms with Crippen molar-refractivity contribution in [2.75, 3.05) is 5.73 Å². The maximum Gasteiger partial charge on any atom is 0.283 e. The molecular formula is C30H24F3N9O. The number of anilines is 1. The van der Waals surface area contributed by atoms with Crippen LogP contribution in [0.5, 0.6) is 0 Å². The van der Waals surface area contributed by atoms with E-state index < -0.39 is 23.8 Å². The van der Waals surface area contributed by atoms with Gasteiger partial charge in [-0.25, -0.2) is 32.8 Å². The minimum absolute atomic E-state index is 0.234. The van der Waals surface area contributed by atoms with Crippen molar-refractivity contribution < 1.29 is 18.0 Å². The monoisotopic (exact) mass is 583 g/mol. The van der Waals surface area contributed by atoms with Gasteiger partial charge in [-0.2, -0.15) is 5.10 Å². The third-order valence-corrected chi connectivity index (χ3v) is 7.01. The molecule has 1 amide bonds. The van der Waals surface area contributed by atoms with Crippen LogP contribution in [-0.4, -0.2) is 40.2 Å². The first-order valence-electron chi connectivity index (χ1n) is 13.3. The maximum atomic E-state index is 12.7. The van der Waals surface area contributed by atoms with Gasteiger partial charge < -0.3 is 11.5 Å². The summed E-state index contributed by atoms with van der Waals surface area (Å²) in [5.41, 5.74) is 16.0. The normalized spacial score (nSPS) is 12.3. The molecule has 4 N–H and O–H groups in total. The topological polar surface area (TPSA) is 143 Å². The molecule has 216 valence electrons. The van der Waals surface area contributed by atoms with Crippen molar-refractivity contribution in [3.63, 3.8) is 0 Å². The quantitative estimate of drug-likeness (QED) is 0.291. The molecule has 0 saturated heterocycles. The van der Waals surface area contributed by atoms with Gasteiger partial charge in [-0.15, -0.1) is 0 Å². The lowest BCUT2D eigenvalue weighted by atomic mass is 10.1. The fourth-order valence-electron chi connectivity index (χ4n) is 4.95. The van der Waals surface area contributed by atoms with Gasteiger partial charge in [0.1, 0.15) is 17.0 Å². The van der Waals surface area contributed by atoms with Crippen LogP contribution in [0, 0.1) is 5.82 Å². The fraction of sp³-hybridized carbons (Fsp3) is 0.133. The Morgan fingerprint density at radius 3 is 2.51 bits per heavy atom. The first-order chi connectivity index (χ1) is 20.8. The van der Waals surface area contributed by atoms with E-state index in [0.717, 1.165) is 53.1 Å². The predicted octanol–water partition coefficient (Wildman–Crippen LogP) is 5.00. The number of nitrogens with zero attached hydrogens (tertiary/aromatic N) is 7. The summed E-state index contributed by atoms with van der Waals surface area (Å²) in [7, 11) is 0. The summed E-state index contributed by atoms with van der Waals surface area (Å²) in [4.78, 5) is 27.6. The second-order valence-electron chi connectivity index (χ2n) is 9.73. The lowest BCUT2D eigenvalue weighted by Gasteiger charge is -2.12. The smallest absolute Gasteiger partial charge is 0.283 e. The molecule has 1 aliphatic rings. The zero-order valence-electron chi connectivity index (χ0n) is 22.5. The Bertz CT molecular complexity index is 1950. The molecule has 0 bridgehead atoms. The van der Waals surface area contributed by atoms with Crippen LogP contribution in [0.4, 0.5) is 19.0 Å². The van der Waals surface area contributed by atoms with Gasteiger partial charge in [0.15, 0.2) is 23.1 Å². The molecule has 43 heavy (non-hydrogen) atoms. The molecule has 0 unspecified atom stereocenters. The molecule has 7 rings (SSSR count). The molecule has 1 aromatic carbocycles. The molecule has 0 atom stereocenters. The van der Waals surface area contributed by atoms with Crippen molar-refractivity contribution in [2.45, 2.75) is 25.7 Å². The number of alkyl halides is 2. The zero-order chi connectivity index (χ0) is 30.1. The van der Waals surface area contributed by atoms with Crippen LogP contribution in [0.3, 0.4) is 0 Å². The average Bonchev–Trinajstić information content (AvgIpc) is 3.77. The van der Waals surface area contributed by atoms with Gasteiger partial charge in [0.05, 0.1) is 11.1 Å². The van der Waals surface area contributed by atoms with Gasteiger partial charge >= 0.3 is 0 Å². The first-order valence-corrected chi connectivity index (χ1v) is 13.3. The lowest BCUT2D eigenvalue weighted by Crippen LogP contribution is -2.12. The third kappa shape index (κ3) is 5.39. The zero-order valence-corrected chi connectivity index (χ0v) is 22.5. The van der Waals surface area contributed by atoms with Crippen molar-refractivity contribution >= 4 is 22.9 Å². The molecule has 10 nitrogen and oxygen atoms in total. The summed E-state index contributed by atoms with van der Waals surface area (Å²) in [6, 6.07) is 16.8. The second-order valence-corrected chi connectivity index (χ2v) is 9.73. The van der Waals surface area contributed by atoms with E-state index in [4.69, 9.17) is 21.4 Å². The molecule has 0 aliphatic heterocycles. The number of pyridine rings is 3. The van der Waals surface area contributed by atoms with Gasteiger partial charge in [0.2, 0.25) is 5.91 Å². The fourth-order valence-corrected chi connectivity index (χ4v) is 4.95. The van der Waals surface area contributed by atoms with Crippen LogP contribution in [0.2, 0.25) is 0 Å². The number of benzene rings is 1. The standard InChI is InChI=1S/C23H19N7.C7H5F3N2O/c24-21-18(6-2-11-25-21)22-27-19-9-10-20(29-13-3-12-26-29)28-23(19)30(22)17-8-7-15-4-1-5-16(15)14-17;8-4-1-3(7(11)13)2-12-5(4)6(9)10/h2-3,6-14H,1,4-5H2,(H2,24,25);1-2,6H,(H2,11,13). The summed E-state index contributed by atoms with van der Waals surface area (Å²) >= 11 is 0. The van der Waals surface area contributed by atoms with Gasteiger partial charge in [-0.1, -0.05) is 6.07 Å². The average molecular weight is 584 g/mol. The van der Waals surface area contributed by atoms with Crippen molar-refractivity contribution in [1.29, 1.82) is 0 Å². The number of amides is 1. The van der Waals surface area contributed by atoms with E-state index in [1.807, 2.05) is 36.5 Å². The first kappa shape index (κ1) is 27.6. The molecule has 0 saturated carbocycles. The molecule has 0 spiro atoms. The number of carbonyl (C=O) groups is 1.